The molecule has 11 heteroatoms. The zero-order valence-electron chi connectivity index (χ0n) is 19.5. The Kier molecular flexibility index (Phi) is 5.52. The number of fused-ring (bicyclic) bond motifs is 3. The van der Waals surface area contributed by atoms with E-state index >= 15 is 0 Å². The van der Waals surface area contributed by atoms with Crippen molar-refractivity contribution in [3.63, 3.8) is 0 Å². The third-order valence-corrected chi connectivity index (χ3v) is 6.59. The van der Waals surface area contributed by atoms with Crippen LogP contribution in [0.3, 0.4) is 0 Å². The van der Waals surface area contributed by atoms with Crippen molar-refractivity contribution in [1.82, 2.24) is 19.9 Å². The second-order valence-electron chi connectivity index (χ2n) is 9.19. The van der Waals surface area contributed by atoms with Crippen molar-refractivity contribution in [3.05, 3.63) is 82.7 Å². The number of benzene rings is 1. The molecule has 6 rings (SSSR count). The number of ether oxygens (including phenoxy) is 1. The maximum Gasteiger partial charge on any atom is 0.433 e. The Morgan fingerprint density at radius 2 is 1.78 bits per heavy atom. The number of carbonyl (C=O) groups excluding carboxylic acids is 1. The number of halogens is 3. The SMILES string of the molecule is Nc1nc2cc(CN(C(=O)c3cnc(C4CC4)nc3)c3ccc(C(F)(F)F)nc3)ccc2c2c1COC2. The maximum absolute atomic E-state index is 13.5. The van der Waals surface area contributed by atoms with Crippen molar-refractivity contribution in [2.75, 3.05) is 10.6 Å². The number of nitrogens with two attached hydrogens (primary N) is 1. The number of carbonyl (C=O) groups is 1. The van der Waals surface area contributed by atoms with Gasteiger partial charge in [0.1, 0.15) is 17.3 Å². The minimum atomic E-state index is -4.59. The van der Waals surface area contributed by atoms with E-state index in [0.717, 1.165) is 41.6 Å². The average molecular weight is 506 g/mol. The summed E-state index contributed by atoms with van der Waals surface area (Å²) in [6.07, 6.45) is 1.41. The number of amides is 1. The number of hydrogen-bond acceptors (Lipinski definition) is 7. The van der Waals surface area contributed by atoms with Gasteiger partial charge in [-0.3, -0.25) is 4.79 Å². The number of nitrogen functional groups attached to an aromatic ring is 1. The summed E-state index contributed by atoms with van der Waals surface area (Å²) in [6, 6.07) is 7.65. The lowest BCUT2D eigenvalue weighted by Gasteiger charge is -2.23. The maximum atomic E-state index is 13.5. The number of anilines is 2. The monoisotopic (exact) mass is 506 g/mol. The van der Waals surface area contributed by atoms with E-state index in [1.165, 1.54) is 23.4 Å². The molecule has 2 N–H and O–H groups in total. The van der Waals surface area contributed by atoms with Crippen molar-refractivity contribution in [3.8, 4) is 0 Å². The Labute approximate surface area is 209 Å². The summed E-state index contributed by atoms with van der Waals surface area (Å²) in [5.41, 5.74) is 8.74. The highest BCUT2D eigenvalue weighted by Crippen LogP contribution is 2.38. The first-order valence-electron chi connectivity index (χ1n) is 11.7. The van der Waals surface area contributed by atoms with Gasteiger partial charge >= 0.3 is 6.18 Å². The van der Waals surface area contributed by atoms with Gasteiger partial charge in [-0.25, -0.2) is 19.9 Å². The van der Waals surface area contributed by atoms with Crippen LogP contribution in [-0.2, 0) is 30.7 Å². The lowest BCUT2D eigenvalue weighted by Crippen LogP contribution is -2.31. The highest BCUT2D eigenvalue weighted by atomic mass is 19.4. The minimum Gasteiger partial charge on any atom is -0.383 e. The van der Waals surface area contributed by atoms with Crippen LogP contribution in [0.25, 0.3) is 10.9 Å². The van der Waals surface area contributed by atoms with Gasteiger partial charge in [0.05, 0.1) is 42.7 Å². The number of alkyl halides is 3. The molecule has 1 amide bonds. The molecule has 1 aliphatic heterocycles. The lowest BCUT2D eigenvalue weighted by molar-refractivity contribution is -0.141. The zero-order chi connectivity index (χ0) is 25.7. The minimum absolute atomic E-state index is 0.0569. The van der Waals surface area contributed by atoms with Gasteiger partial charge in [-0.2, -0.15) is 13.2 Å². The van der Waals surface area contributed by atoms with Crippen LogP contribution in [0.5, 0.6) is 0 Å². The van der Waals surface area contributed by atoms with Gasteiger partial charge in [-0.05, 0) is 42.2 Å². The molecule has 0 bridgehead atoms. The summed E-state index contributed by atoms with van der Waals surface area (Å²) in [6.45, 7) is 0.911. The fraction of sp³-hybridized carbons (Fsp3) is 0.269. The Morgan fingerprint density at radius 3 is 2.46 bits per heavy atom. The van der Waals surface area contributed by atoms with Crippen molar-refractivity contribution in [2.24, 2.45) is 0 Å². The first-order valence-corrected chi connectivity index (χ1v) is 11.7. The Bertz CT molecular complexity index is 1500. The van der Waals surface area contributed by atoms with Gasteiger partial charge in [-0.1, -0.05) is 12.1 Å². The van der Waals surface area contributed by atoms with Crippen LogP contribution in [0, 0.1) is 0 Å². The molecule has 4 aromatic rings. The number of hydrogen-bond donors (Lipinski definition) is 1. The predicted octanol–water partition coefficient (Wildman–Crippen LogP) is 4.78. The smallest absolute Gasteiger partial charge is 0.383 e. The van der Waals surface area contributed by atoms with E-state index < -0.39 is 17.8 Å². The number of rotatable bonds is 5. The Hall–Kier alpha value is -4.12. The van der Waals surface area contributed by atoms with Gasteiger partial charge < -0.3 is 15.4 Å². The molecule has 3 aromatic heterocycles. The molecule has 188 valence electrons. The average Bonchev–Trinajstić information content (AvgIpc) is 3.62. The van der Waals surface area contributed by atoms with Crippen LogP contribution in [0.4, 0.5) is 24.7 Å². The van der Waals surface area contributed by atoms with Gasteiger partial charge in [-0.15, -0.1) is 0 Å². The zero-order valence-corrected chi connectivity index (χ0v) is 19.5. The summed E-state index contributed by atoms with van der Waals surface area (Å²) < 4.78 is 44.8. The molecular formula is C26H21F3N6O2. The third kappa shape index (κ3) is 4.46. The molecule has 1 aliphatic carbocycles. The molecule has 2 aliphatic rings. The third-order valence-electron chi connectivity index (χ3n) is 6.59. The van der Waals surface area contributed by atoms with Crippen LogP contribution >= 0.6 is 0 Å². The molecule has 1 saturated carbocycles. The Balaban J connectivity index is 1.36. The highest BCUT2D eigenvalue weighted by molar-refractivity contribution is 6.05. The largest absolute Gasteiger partial charge is 0.433 e. The van der Waals surface area contributed by atoms with E-state index in [2.05, 4.69) is 19.9 Å². The molecular weight excluding hydrogens is 485 g/mol. The van der Waals surface area contributed by atoms with Gasteiger partial charge in [0.2, 0.25) is 0 Å². The first-order chi connectivity index (χ1) is 17.8. The summed E-state index contributed by atoms with van der Waals surface area (Å²) in [4.78, 5) is 31.6. The second-order valence-corrected chi connectivity index (χ2v) is 9.19. The van der Waals surface area contributed by atoms with E-state index in [0.29, 0.717) is 41.9 Å². The predicted molar refractivity (Wildman–Crippen MR) is 128 cm³/mol. The van der Waals surface area contributed by atoms with Crippen molar-refractivity contribution < 1.29 is 22.7 Å². The molecule has 0 atom stereocenters. The van der Waals surface area contributed by atoms with Crippen LogP contribution in [-0.4, -0.2) is 25.8 Å². The summed E-state index contributed by atoms with van der Waals surface area (Å²) in [5.74, 6) is 0.946. The lowest BCUT2D eigenvalue weighted by atomic mass is 10.0. The van der Waals surface area contributed by atoms with E-state index in [9.17, 15) is 18.0 Å². The number of pyridine rings is 2. The van der Waals surface area contributed by atoms with Gasteiger partial charge in [0.15, 0.2) is 0 Å². The summed E-state index contributed by atoms with van der Waals surface area (Å²) in [7, 11) is 0. The molecule has 0 saturated heterocycles. The molecule has 0 unspecified atom stereocenters. The molecule has 1 fully saturated rings. The molecule has 4 heterocycles. The fourth-order valence-corrected chi connectivity index (χ4v) is 4.45. The molecule has 8 nitrogen and oxygen atoms in total. The normalized spacial score (nSPS) is 15.1. The first kappa shape index (κ1) is 23.3. The summed E-state index contributed by atoms with van der Waals surface area (Å²) in [5, 5.41) is 0.906. The quantitative estimate of drug-likeness (QED) is 0.415. The van der Waals surface area contributed by atoms with Gasteiger partial charge in [0.25, 0.3) is 5.91 Å². The van der Waals surface area contributed by atoms with Crippen LogP contribution in [0.15, 0.2) is 48.9 Å². The molecule has 0 radical (unpaired) electrons. The van der Waals surface area contributed by atoms with Crippen LogP contribution in [0.1, 0.15) is 57.3 Å². The highest BCUT2D eigenvalue weighted by Gasteiger charge is 2.33. The van der Waals surface area contributed by atoms with E-state index in [1.807, 2.05) is 18.2 Å². The Morgan fingerprint density at radius 1 is 1.03 bits per heavy atom. The van der Waals surface area contributed by atoms with E-state index in [-0.39, 0.29) is 17.8 Å². The van der Waals surface area contributed by atoms with Crippen molar-refractivity contribution in [1.29, 1.82) is 0 Å². The van der Waals surface area contributed by atoms with Crippen molar-refractivity contribution >= 4 is 28.3 Å². The van der Waals surface area contributed by atoms with E-state index in [4.69, 9.17) is 10.5 Å². The number of nitrogens with zero attached hydrogens (tertiary/aromatic N) is 5. The summed E-state index contributed by atoms with van der Waals surface area (Å²) >= 11 is 0. The number of aromatic nitrogens is 4. The molecule has 37 heavy (non-hydrogen) atoms. The van der Waals surface area contributed by atoms with Crippen LogP contribution < -0.4 is 10.6 Å². The van der Waals surface area contributed by atoms with Gasteiger partial charge in [0, 0.05) is 29.3 Å². The topological polar surface area (TPSA) is 107 Å². The molecule has 1 aromatic carbocycles. The fourth-order valence-electron chi connectivity index (χ4n) is 4.45. The van der Waals surface area contributed by atoms with E-state index in [1.54, 1.807) is 0 Å². The second kappa shape index (κ2) is 8.77. The standard InChI is InChI=1S/C26H21F3N6O2/c27-26(28,29)22-6-4-17(10-31-22)35(25(36)16-8-32-24(33-9-16)15-2-3-15)11-14-1-5-18-19-12-37-13-20(19)23(30)34-21(18)7-14/h1,4-10,15H,2-3,11-13H2,(H2,30,34). The molecule has 0 spiro atoms. The van der Waals surface area contributed by atoms with Crippen molar-refractivity contribution in [2.45, 2.75) is 44.7 Å². The van der Waals surface area contributed by atoms with Crippen LogP contribution in [0.2, 0.25) is 0 Å².